The summed E-state index contributed by atoms with van der Waals surface area (Å²) >= 11 is 0. The van der Waals surface area contributed by atoms with Crippen molar-refractivity contribution in [3.8, 4) is 5.75 Å². The Morgan fingerprint density at radius 3 is 2.43 bits per heavy atom. The lowest BCUT2D eigenvalue weighted by molar-refractivity contribution is 0.326. The van der Waals surface area contributed by atoms with Gasteiger partial charge in [-0.3, -0.25) is 4.68 Å². The molecule has 0 unspecified atom stereocenters. The molecule has 0 atom stereocenters. The van der Waals surface area contributed by atoms with Crippen LogP contribution in [0.15, 0.2) is 18.3 Å². The lowest BCUT2D eigenvalue weighted by Gasteiger charge is -2.25. The van der Waals surface area contributed by atoms with E-state index >= 15 is 0 Å². The Bertz CT molecular complexity index is 653. The zero-order valence-electron chi connectivity index (χ0n) is 15.3. The first-order valence-electron chi connectivity index (χ1n) is 8.51. The molecule has 1 aromatic carbocycles. The molecule has 4 heteroatoms. The summed E-state index contributed by atoms with van der Waals surface area (Å²) in [5.41, 5.74) is 4.93. The van der Waals surface area contributed by atoms with Gasteiger partial charge in [0.1, 0.15) is 5.75 Å². The van der Waals surface area contributed by atoms with Gasteiger partial charge in [0.05, 0.1) is 12.3 Å². The van der Waals surface area contributed by atoms with E-state index in [1.165, 1.54) is 16.7 Å². The standard InChI is InChI=1S/C19H29N3O/c1-7-22-13-16(20-21-22)10-9-15-11-14(3)12-17(19(4,5)6)18(15)23-8-2/h11-13H,7-10H2,1-6H3. The van der Waals surface area contributed by atoms with Gasteiger partial charge in [-0.15, -0.1) is 5.10 Å². The van der Waals surface area contributed by atoms with Crippen LogP contribution in [-0.4, -0.2) is 21.6 Å². The topological polar surface area (TPSA) is 39.9 Å². The summed E-state index contributed by atoms with van der Waals surface area (Å²) in [5.74, 6) is 1.05. The third kappa shape index (κ3) is 4.34. The van der Waals surface area contributed by atoms with Gasteiger partial charge in [0, 0.05) is 18.3 Å². The first-order chi connectivity index (χ1) is 10.8. The van der Waals surface area contributed by atoms with Gasteiger partial charge in [-0.05, 0) is 44.6 Å². The number of ether oxygens (including phenoxy) is 1. The molecule has 0 amide bonds. The Hall–Kier alpha value is -1.84. The van der Waals surface area contributed by atoms with E-state index in [4.69, 9.17) is 4.74 Å². The van der Waals surface area contributed by atoms with Gasteiger partial charge in [0.25, 0.3) is 0 Å². The quantitative estimate of drug-likeness (QED) is 0.806. The zero-order chi connectivity index (χ0) is 17.0. The van der Waals surface area contributed by atoms with Crippen LogP contribution in [0.2, 0.25) is 0 Å². The van der Waals surface area contributed by atoms with Crippen LogP contribution < -0.4 is 4.74 Å². The van der Waals surface area contributed by atoms with E-state index < -0.39 is 0 Å². The van der Waals surface area contributed by atoms with E-state index in [1.807, 2.05) is 17.8 Å². The van der Waals surface area contributed by atoms with Gasteiger partial charge in [0.2, 0.25) is 0 Å². The molecular formula is C19H29N3O. The van der Waals surface area contributed by atoms with Crippen molar-refractivity contribution in [3.63, 3.8) is 0 Å². The largest absolute Gasteiger partial charge is 0.493 e. The fourth-order valence-electron chi connectivity index (χ4n) is 2.78. The van der Waals surface area contributed by atoms with E-state index in [0.717, 1.165) is 30.8 Å². The van der Waals surface area contributed by atoms with Crippen molar-refractivity contribution in [3.05, 3.63) is 40.7 Å². The molecule has 0 aliphatic rings. The first-order valence-corrected chi connectivity index (χ1v) is 8.51. The van der Waals surface area contributed by atoms with E-state index in [0.29, 0.717) is 6.61 Å². The molecular weight excluding hydrogens is 286 g/mol. The molecule has 0 N–H and O–H groups in total. The molecule has 0 spiro atoms. The third-order valence-corrected chi connectivity index (χ3v) is 3.97. The number of hydrogen-bond donors (Lipinski definition) is 0. The summed E-state index contributed by atoms with van der Waals surface area (Å²) < 4.78 is 7.89. The molecule has 23 heavy (non-hydrogen) atoms. The molecule has 4 nitrogen and oxygen atoms in total. The summed E-state index contributed by atoms with van der Waals surface area (Å²) in [6.45, 7) is 14.5. The van der Waals surface area contributed by atoms with E-state index in [-0.39, 0.29) is 5.41 Å². The minimum atomic E-state index is 0.0661. The van der Waals surface area contributed by atoms with Crippen molar-refractivity contribution in [2.24, 2.45) is 0 Å². The van der Waals surface area contributed by atoms with Gasteiger partial charge < -0.3 is 4.74 Å². The lowest BCUT2D eigenvalue weighted by Crippen LogP contribution is -2.15. The van der Waals surface area contributed by atoms with Crippen LogP contribution >= 0.6 is 0 Å². The number of aromatic nitrogens is 3. The lowest BCUT2D eigenvalue weighted by atomic mass is 9.83. The van der Waals surface area contributed by atoms with E-state index in [2.05, 4.69) is 57.1 Å². The average Bonchev–Trinajstić information content (AvgIpc) is 2.94. The average molecular weight is 315 g/mol. The van der Waals surface area contributed by atoms with Gasteiger partial charge in [-0.1, -0.05) is 43.7 Å². The van der Waals surface area contributed by atoms with E-state index in [9.17, 15) is 0 Å². The highest BCUT2D eigenvalue weighted by Crippen LogP contribution is 2.36. The van der Waals surface area contributed by atoms with Crippen molar-refractivity contribution >= 4 is 0 Å². The summed E-state index contributed by atoms with van der Waals surface area (Å²) in [6.07, 6.45) is 3.83. The van der Waals surface area contributed by atoms with Crippen LogP contribution in [0.25, 0.3) is 0 Å². The number of rotatable bonds is 6. The number of benzene rings is 1. The van der Waals surface area contributed by atoms with Gasteiger partial charge in [-0.2, -0.15) is 0 Å². The van der Waals surface area contributed by atoms with Crippen molar-refractivity contribution < 1.29 is 4.74 Å². The molecule has 1 aromatic heterocycles. The second kappa shape index (κ2) is 7.16. The molecule has 1 heterocycles. The van der Waals surface area contributed by atoms with Crippen molar-refractivity contribution in [2.75, 3.05) is 6.61 Å². The zero-order valence-corrected chi connectivity index (χ0v) is 15.3. The number of hydrogen-bond acceptors (Lipinski definition) is 3. The third-order valence-electron chi connectivity index (χ3n) is 3.97. The number of aryl methyl sites for hydroxylation is 4. The smallest absolute Gasteiger partial charge is 0.126 e. The summed E-state index contributed by atoms with van der Waals surface area (Å²) in [5, 5.41) is 8.36. The van der Waals surface area contributed by atoms with Crippen LogP contribution in [0.3, 0.4) is 0 Å². The number of nitrogens with zero attached hydrogens (tertiary/aromatic N) is 3. The van der Waals surface area contributed by atoms with Crippen molar-refractivity contribution in [1.29, 1.82) is 0 Å². The molecule has 0 saturated carbocycles. The second-order valence-corrected chi connectivity index (χ2v) is 7.05. The summed E-state index contributed by atoms with van der Waals surface area (Å²) in [4.78, 5) is 0. The Kier molecular flexibility index (Phi) is 5.45. The van der Waals surface area contributed by atoms with Crippen LogP contribution in [-0.2, 0) is 24.8 Å². The SMILES string of the molecule is CCOc1c(CCc2cn(CC)nn2)cc(C)cc1C(C)(C)C. The highest BCUT2D eigenvalue weighted by Gasteiger charge is 2.22. The Labute approximate surface area is 139 Å². The second-order valence-electron chi connectivity index (χ2n) is 7.05. The molecule has 126 valence electrons. The Morgan fingerprint density at radius 2 is 1.87 bits per heavy atom. The maximum Gasteiger partial charge on any atom is 0.126 e. The molecule has 2 rings (SSSR count). The molecule has 0 aliphatic heterocycles. The highest BCUT2D eigenvalue weighted by atomic mass is 16.5. The maximum atomic E-state index is 6.02. The maximum absolute atomic E-state index is 6.02. The first kappa shape index (κ1) is 17.5. The predicted octanol–water partition coefficient (Wildman–Crippen LogP) is 4.09. The molecule has 0 saturated heterocycles. The monoisotopic (exact) mass is 315 g/mol. The Balaban J connectivity index is 2.30. The van der Waals surface area contributed by atoms with Crippen molar-refractivity contribution in [2.45, 2.75) is 66.3 Å². The van der Waals surface area contributed by atoms with Gasteiger partial charge in [0.15, 0.2) is 0 Å². The minimum Gasteiger partial charge on any atom is -0.493 e. The highest BCUT2D eigenvalue weighted by molar-refractivity contribution is 5.48. The van der Waals surface area contributed by atoms with Gasteiger partial charge in [-0.25, -0.2) is 0 Å². The van der Waals surface area contributed by atoms with Crippen LogP contribution in [0.5, 0.6) is 5.75 Å². The predicted molar refractivity (Wildman–Crippen MR) is 94.2 cm³/mol. The molecule has 0 aliphatic carbocycles. The minimum absolute atomic E-state index is 0.0661. The summed E-state index contributed by atoms with van der Waals surface area (Å²) in [7, 11) is 0. The normalized spacial score (nSPS) is 11.7. The van der Waals surface area contributed by atoms with E-state index in [1.54, 1.807) is 0 Å². The molecule has 0 bridgehead atoms. The molecule has 0 radical (unpaired) electrons. The Morgan fingerprint density at radius 1 is 1.13 bits per heavy atom. The molecule has 0 fully saturated rings. The molecule has 2 aromatic rings. The van der Waals surface area contributed by atoms with Crippen LogP contribution in [0, 0.1) is 6.92 Å². The van der Waals surface area contributed by atoms with Gasteiger partial charge >= 0.3 is 0 Å². The fraction of sp³-hybridized carbons (Fsp3) is 0.579. The van der Waals surface area contributed by atoms with Crippen LogP contribution in [0.4, 0.5) is 0 Å². The van der Waals surface area contributed by atoms with Crippen molar-refractivity contribution in [1.82, 2.24) is 15.0 Å². The fourth-order valence-corrected chi connectivity index (χ4v) is 2.78. The summed E-state index contributed by atoms with van der Waals surface area (Å²) in [6, 6.07) is 4.49. The van der Waals surface area contributed by atoms with Crippen LogP contribution in [0.1, 0.15) is 57.0 Å².